The Morgan fingerprint density at radius 3 is 2.32 bits per heavy atom. The highest BCUT2D eigenvalue weighted by Gasteiger charge is 2.44. The number of hydrogen-bond donors (Lipinski definition) is 7. The van der Waals surface area contributed by atoms with Gasteiger partial charge >= 0.3 is 0 Å². The summed E-state index contributed by atoms with van der Waals surface area (Å²) in [5.74, 6) is -1.93. The molecule has 12 heteroatoms. The molecule has 0 saturated carbocycles. The fraction of sp³-hybridized carbons (Fsp3) is 0.318. The van der Waals surface area contributed by atoms with Gasteiger partial charge in [-0.25, -0.2) is 0 Å². The Labute approximate surface area is 191 Å². The average Bonchev–Trinajstić information content (AvgIpc) is 2.80. The lowest BCUT2D eigenvalue weighted by Crippen LogP contribution is -2.60. The van der Waals surface area contributed by atoms with Crippen LogP contribution in [-0.2, 0) is 4.74 Å². The van der Waals surface area contributed by atoms with Gasteiger partial charge < -0.3 is 54.4 Å². The third-order valence-electron chi connectivity index (χ3n) is 5.45. The van der Waals surface area contributed by atoms with Gasteiger partial charge in [0.2, 0.25) is 17.5 Å². The minimum atomic E-state index is -1.70. The van der Waals surface area contributed by atoms with E-state index in [1.54, 1.807) is 0 Å². The molecule has 1 aliphatic heterocycles. The van der Waals surface area contributed by atoms with Crippen LogP contribution in [0, 0.1) is 0 Å². The van der Waals surface area contributed by atoms with Gasteiger partial charge in [0.25, 0.3) is 0 Å². The first-order chi connectivity index (χ1) is 16.2. The van der Waals surface area contributed by atoms with Crippen molar-refractivity contribution in [2.75, 3.05) is 13.7 Å². The van der Waals surface area contributed by atoms with Crippen molar-refractivity contribution in [3.8, 4) is 40.1 Å². The van der Waals surface area contributed by atoms with E-state index in [4.69, 9.17) is 18.6 Å². The molecule has 1 saturated heterocycles. The van der Waals surface area contributed by atoms with E-state index in [-0.39, 0.29) is 33.8 Å². The Balaban J connectivity index is 1.79. The Morgan fingerprint density at radius 2 is 1.68 bits per heavy atom. The first-order valence-corrected chi connectivity index (χ1v) is 10.0. The molecule has 0 unspecified atom stereocenters. The summed E-state index contributed by atoms with van der Waals surface area (Å²) in [5.41, 5.74) is -0.706. The number of benzene rings is 2. The van der Waals surface area contributed by atoms with Crippen molar-refractivity contribution in [1.29, 1.82) is 0 Å². The maximum atomic E-state index is 13.0. The first kappa shape index (κ1) is 23.6. The van der Waals surface area contributed by atoms with E-state index in [9.17, 15) is 40.5 Å². The largest absolute Gasteiger partial charge is 0.507 e. The summed E-state index contributed by atoms with van der Waals surface area (Å²) < 4.78 is 21.7. The molecular formula is C22H22O12. The number of phenols is 3. The minimum absolute atomic E-state index is 0.111. The zero-order chi connectivity index (χ0) is 24.7. The topological polar surface area (TPSA) is 200 Å². The van der Waals surface area contributed by atoms with Crippen LogP contribution in [0.2, 0.25) is 0 Å². The second-order valence-corrected chi connectivity index (χ2v) is 7.63. The Kier molecular flexibility index (Phi) is 6.25. The monoisotopic (exact) mass is 478 g/mol. The molecule has 7 N–H and O–H groups in total. The van der Waals surface area contributed by atoms with Crippen LogP contribution in [0.15, 0.2) is 39.5 Å². The molecule has 0 bridgehead atoms. The van der Waals surface area contributed by atoms with Gasteiger partial charge in [0.05, 0.1) is 13.7 Å². The SMILES string of the molecule is COc1c(-c2ccc(O)c(O)c2)oc2cc(O[C@@H]3O[C@H](CO)[C@H](O)[C@H](O)[C@H]3O)cc(O)c2c1=O. The highest BCUT2D eigenvalue weighted by atomic mass is 16.7. The summed E-state index contributed by atoms with van der Waals surface area (Å²) in [6, 6.07) is 5.96. The standard InChI is InChI=1S/C22H22O12/c1-31-21-17(28)15-12(26)5-9(32-22-19(30)18(29)16(27)14(7-23)34-22)6-13(15)33-20(21)8-2-3-10(24)11(25)4-8/h2-6,14,16,18-19,22-27,29-30H,7H2,1H3/t14-,16+,18+,19-,22-/m1/s1. The van der Waals surface area contributed by atoms with Gasteiger partial charge in [-0.05, 0) is 18.2 Å². The third kappa shape index (κ3) is 3.97. The fourth-order valence-corrected chi connectivity index (χ4v) is 3.66. The molecule has 5 atom stereocenters. The van der Waals surface area contributed by atoms with Gasteiger partial charge in [-0.1, -0.05) is 0 Å². The van der Waals surface area contributed by atoms with E-state index < -0.39 is 60.0 Å². The zero-order valence-electron chi connectivity index (χ0n) is 17.7. The van der Waals surface area contributed by atoms with Crippen LogP contribution in [0.4, 0.5) is 0 Å². The normalized spacial score (nSPS) is 24.8. The van der Waals surface area contributed by atoms with E-state index >= 15 is 0 Å². The predicted molar refractivity (Wildman–Crippen MR) is 114 cm³/mol. The van der Waals surface area contributed by atoms with Crippen LogP contribution in [0.25, 0.3) is 22.3 Å². The van der Waals surface area contributed by atoms with E-state index in [1.165, 1.54) is 25.3 Å². The maximum absolute atomic E-state index is 13.0. The predicted octanol–water partition coefficient (Wildman–Crippen LogP) is -0.236. The number of phenolic OH excluding ortho intramolecular Hbond substituents is 3. The molecule has 2 heterocycles. The number of hydrogen-bond acceptors (Lipinski definition) is 12. The molecule has 0 radical (unpaired) electrons. The van der Waals surface area contributed by atoms with Crippen LogP contribution in [0.5, 0.6) is 28.7 Å². The Morgan fingerprint density at radius 1 is 0.941 bits per heavy atom. The summed E-state index contributed by atoms with van der Waals surface area (Å²) in [6.07, 6.45) is -7.71. The smallest absolute Gasteiger partial charge is 0.239 e. The number of methoxy groups -OCH3 is 1. The fourth-order valence-electron chi connectivity index (χ4n) is 3.66. The van der Waals surface area contributed by atoms with Crippen molar-refractivity contribution in [2.24, 2.45) is 0 Å². The number of aromatic hydroxyl groups is 3. The highest BCUT2D eigenvalue weighted by Crippen LogP contribution is 2.38. The van der Waals surface area contributed by atoms with E-state index in [1.807, 2.05) is 0 Å². The van der Waals surface area contributed by atoms with Crippen molar-refractivity contribution in [2.45, 2.75) is 30.7 Å². The van der Waals surface area contributed by atoms with Crippen LogP contribution in [0.3, 0.4) is 0 Å². The van der Waals surface area contributed by atoms with Gasteiger partial charge in [-0.2, -0.15) is 0 Å². The molecule has 0 aliphatic carbocycles. The molecule has 0 spiro atoms. The Bertz CT molecular complexity index is 1270. The third-order valence-corrected chi connectivity index (χ3v) is 5.45. The van der Waals surface area contributed by atoms with Crippen LogP contribution >= 0.6 is 0 Å². The van der Waals surface area contributed by atoms with E-state index in [2.05, 4.69) is 0 Å². The number of fused-ring (bicyclic) bond motifs is 1. The summed E-state index contributed by atoms with van der Waals surface area (Å²) in [6.45, 7) is -0.661. The molecule has 12 nitrogen and oxygen atoms in total. The lowest BCUT2D eigenvalue weighted by Gasteiger charge is -2.39. The van der Waals surface area contributed by atoms with Gasteiger partial charge in [0, 0.05) is 17.7 Å². The lowest BCUT2D eigenvalue weighted by atomic mass is 9.99. The molecule has 182 valence electrons. The summed E-state index contributed by atoms with van der Waals surface area (Å²) in [5, 5.41) is 69.0. The van der Waals surface area contributed by atoms with Crippen molar-refractivity contribution in [3.05, 3.63) is 40.6 Å². The number of rotatable bonds is 5. The first-order valence-electron chi connectivity index (χ1n) is 10.0. The zero-order valence-corrected chi connectivity index (χ0v) is 17.7. The highest BCUT2D eigenvalue weighted by molar-refractivity contribution is 5.88. The van der Waals surface area contributed by atoms with Gasteiger partial charge in [0.1, 0.15) is 46.9 Å². The van der Waals surface area contributed by atoms with Crippen molar-refractivity contribution >= 4 is 11.0 Å². The molecule has 3 aromatic rings. The van der Waals surface area contributed by atoms with Gasteiger partial charge in [0.15, 0.2) is 17.3 Å². The van der Waals surface area contributed by atoms with Crippen molar-refractivity contribution in [3.63, 3.8) is 0 Å². The van der Waals surface area contributed by atoms with E-state index in [0.29, 0.717) is 0 Å². The maximum Gasteiger partial charge on any atom is 0.239 e. The number of aliphatic hydroxyl groups is 4. The number of aliphatic hydroxyl groups excluding tert-OH is 4. The summed E-state index contributed by atoms with van der Waals surface area (Å²) in [7, 11) is 1.22. The summed E-state index contributed by atoms with van der Waals surface area (Å²) in [4.78, 5) is 13.0. The number of ether oxygens (including phenoxy) is 3. The van der Waals surface area contributed by atoms with Crippen LogP contribution in [0.1, 0.15) is 0 Å². The van der Waals surface area contributed by atoms with Crippen molar-refractivity contribution in [1.82, 2.24) is 0 Å². The van der Waals surface area contributed by atoms with Gasteiger partial charge in [-0.15, -0.1) is 0 Å². The van der Waals surface area contributed by atoms with Crippen molar-refractivity contribution < 1.29 is 54.4 Å². The van der Waals surface area contributed by atoms with Gasteiger partial charge in [-0.3, -0.25) is 4.79 Å². The Hall–Kier alpha value is -3.55. The molecule has 1 aromatic heterocycles. The van der Waals surface area contributed by atoms with E-state index in [0.717, 1.165) is 12.1 Å². The second kappa shape index (κ2) is 9.00. The molecule has 34 heavy (non-hydrogen) atoms. The van der Waals surface area contributed by atoms with Crippen LogP contribution in [-0.4, -0.2) is 80.2 Å². The molecule has 1 aliphatic rings. The molecular weight excluding hydrogens is 456 g/mol. The summed E-state index contributed by atoms with van der Waals surface area (Å²) >= 11 is 0. The molecule has 0 amide bonds. The molecule has 2 aromatic carbocycles. The second-order valence-electron chi connectivity index (χ2n) is 7.63. The van der Waals surface area contributed by atoms with Crippen LogP contribution < -0.4 is 14.9 Å². The molecule has 4 rings (SSSR count). The minimum Gasteiger partial charge on any atom is -0.507 e. The quantitative estimate of drug-likeness (QED) is 0.238. The average molecular weight is 478 g/mol. The lowest BCUT2D eigenvalue weighted by molar-refractivity contribution is -0.277. The molecule has 1 fully saturated rings.